The second-order valence-electron chi connectivity index (χ2n) is 5.63. The summed E-state index contributed by atoms with van der Waals surface area (Å²) >= 11 is 0. The van der Waals surface area contributed by atoms with Gasteiger partial charge in [-0.1, -0.05) is 12.8 Å². The van der Waals surface area contributed by atoms with Crippen molar-refractivity contribution in [2.75, 3.05) is 13.2 Å². The molecule has 2 saturated carbocycles. The van der Waals surface area contributed by atoms with Gasteiger partial charge in [0.25, 0.3) is 0 Å². The molecule has 3 rings (SSSR count). The molecule has 2 heteroatoms. The molecular weight excluding hydrogens is 186 g/mol. The van der Waals surface area contributed by atoms with Crippen molar-refractivity contribution in [1.29, 1.82) is 0 Å². The Labute approximate surface area is 92.8 Å². The molecule has 1 aliphatic heterocycles. The smallest absolute Gasteiger partial charge is 0.0756 e. The highest BCUT2D eigenvalue weighted by Crippen LogP contribution is 2.38. The monoisotopic (exact) mass is 209 g/mol. The lowest BCUT2D eigenvalue weighted by Crippen LogP contribution is -2.39. The Morgan fingerprint density at radius 2 is 1.80 bits per heavy atom. The van der Waals surface area contributed by atoms with Crippen LogP contribution in [-0.2, 0) is 4.74 Å². The van der Waals surface area contributed by atoms with Gasteiger partial charge in [0.15, 0.2) is 0 Å². The van der Waals surface area contributed by atoms with Crippen LogP contribution in [-0.4, -0.2) is 25.3 Å². The molecule has 1 heterocycles. The van der Waals surface area contributed by atoms with E-state index in [0.29, 0.717) is 12.1 Å². The van der Waals surface area contributed by atoms with E-state index in [9.17, 15) is 0 Å². The summed E-state index contributed by atoms with van der Waals surface area (Å²) in [6, 6.07) is 0.679. The molecule has 2 unspecified atom stereocenters. The van der Waals surface area contributed by atoms with Crippen molar-refractivity contribution in [3.63, 3.8) is 0 Å². The highest BCUT2D eigenvalue weighted by molar-refractivity contribution is 4.93. The van der Waals surface area contributed by atoms with Gasteiger partial charge >= 0.3 is 0 Å². The van der Waals surface area contributed by atoms with E-state index in [-0.39, 0.29) is 0 Å². The predicted molar refractivity (Wildman–Crippen MR) is 60.8 cm³/mol. The van der Waals surface area contributed by atoms with Crippen molar-refractivity contribution in [3.05, 3.63) is 0 Å². The highest BCUT2D eigenvalue weighted by Gasteiger charge is 2.40. The molecule has 2 atom stereocenters. The average molecular weight is 209 g/mol. The largest absolute Gasteiger partial charge is 0.376 e. The molecule has 0 aromatic rings. The van der Waals surface area contributed by atoms with E-state index in [1.54, 1.807) is 0 Å². The minimum atomic E-state index is 0.561. The Kier molecular flexibility index (Phi) is 2.98. The van der Waals surface area contributed by atoms with Crippen molar-refractivity contribution in [1.82, 2.24) is 5.32 Å². The molecule has 2 nitrogen and oxygen atoms in total. The molecule has 2 aliphatic carbocycles. The molecule has 0 bridgehead atoms. The van der Waals surface area contributed by atoms with Crippen molar-refractivity contribution < 1.29 is 4.74 Å². The summed E-state index contributed by atoms with van der Waals surface area (Å²) in [7, 11) is 0. The second kappa shape index (κ2) is 4.42. The SMILES string of the molecule is C1CCC(CNC2CCOC2C2CC2)C1. The predicted octanol–water partition coefficient (Wildman–Crippen LogP) is 2.33. The van der Waals surface area contributed by atoms with Crippen LogP contribution < -0.4 is 5.32 Å². The van der Waals surface area contributed by atoms with Crippen LogP contribution in [0, 0.1) is 11.8 Å². The standard InChI is InChI=1S/C13H23NO/c1-2-4-10(3-1)9-14-12-7-8-15-13(12)11-5-6-11/h10-14H,1-9H2. The lowest BCUT2D eigenvalue weighted by molar-refractivity contribution is 0.0804. The van der Waals surface area contributed by atoms with Gasteiger partial charge in [-0.25, -0.2) is 0 Å². The third kappa shape index (κ3) is 2.36. The van der Waals surface area contributed by atoms with Crippen LogP contribution in [0.5, 0.6) is 0 Å². The highest BCUT2D eigenvalue weighted by atomic mass is 16.5. The van der Waals surface area contributed by atoms with Gasteiger partial charge < -0.3 is 10.1 Å². The van der Waals surface area contributed by atoms with Crippen molar-refractivity contribution >= 4 is 0 Å². The number of hydrogen-bond acceptors (Lipinski definition) is 2. The summed E-state index contributed by atoms with van der Waals surface area (Å²) in [6.45, 7) is 2.24. The van der Waals surface area contributed by atoms with Gasteiger partial charge in [-0.15, -0.1) is 0 Å². The maximum Gasteiger partial charge on any atom is 0.0756 e. The topological polar surface area (TPSA) is 21.3 Å². The van der Waals surface area contributed by atoms with E-state index in [2.05, 4.69) is 5.32 Å². The van der Waals surface area contributed by atoms with E-state index in [1.165, 1.54) is 51.5 Å². The Hall–Kier alpha value is -0.0800. The zero-order chi connectivity index (χ0) is 10.1. The van der Waals surface area contributed by atoms with Crippen molar-refractivity contribution in [3.8, 4) is 0 Å². The first-order chi connectivity index (χ1) is 7.43. The first-order valence-corrected chi connectivity index (χ1v) is 6.78. The fourth-order valence-electron chi connectivity index (χ4n) is 3.25. The zero-order valence-corrected chi connectivity index (χ0v) is 9.58. The molecule has 1 saturated heterocycles. The lowest BCUT2D eigenvalue weighted by atomic mass is 10.0. The third-order valence-electron chi connectivity index (χ3n) is 4.37. The van der Waals surface area contributed by atoms with Crippen LogP contribution in [0.4, 0.5) is 0 Å². The first kappa shape index (κ1) is 10.1. The van der Waals surface area contributed by atoms with Crippen LogP contribution in [0.25, 0.3) is 0 Å². The van der Waals surface area contributed by atoms with E-state index < -0.39 is 0 Å². The van der Waals surface area contributed by atoms with Gasteiger partial charge in [0.1, 0.15) is 0 Å². The zero-order valence-electron chi connectivity index (χ0n) is 9.58. The Morgan fingerprint density at radius 3 is 2.53 bits per heavy atom. The summed E-state index contributed by atoms with van der Waals surface area (Å²) in [6.07, 6.45) is 10.4. The van der Waals surface area contributed by atoms with Gasteiger partial charge in [0.2, 0.25) is 0 Å². The third-order valence-corrected chi connectivity index (χ3v) is 4.37. The molecule has 3 aliphatic rings. The fraction of sp³-hybridized carbons (Fsp3) is 1.00. The quantitative estimate of drug-likeness (QED) is 0.767. The van der Waals surface area contributed by atoms with Gasteiger partial charge in [0.05, 0.1) is 6.10 Å². The summed E-state index contributed by atoms with van der Waals surface area (Å²) in [5.41, 5.74) is 0. The Balaban J connectivity index is 1.44. The van der Waals surface area contributed by atoms with Gasteiger partial charge in [0, 0.05) is 12.6 Å². The summed E-state index contributed by atoms with van der Waals surface area (Å²) in [5.74, 6) is 1.86. The van der Waals surface area contributed by atoms with Crippen LogP contribution in [0.1, 0.15) is 44.9 Å². The van der Waals surface area contributed by atoms with E-state index in [0.717, 1.165) is 18.4 Å². The number of nitrogens with one attached hydrogen (secondary N) is 1. The fourth-order valence-corrected chi connectivity index (χ4v) is 3.25. The summed E-state index contributed by atoms with van der Waals surface area (Å²) in [4.78, 5) is 0. The van der Waals surface area contributed by atoms with Crippen LogP contribution in [0.15, 0.2) is 0 Å². The maximum absolute atomic E-state index is 5.84. The lowest BCUT2D eigenvalue weighted by Gasteiger charge is -2.21. The molecule has 0 spiro atoms. The van der Waals surface area contributed by atoms with Crippen LogP contribution >= 0.6 is 0 Å². The summed E-state index contributed by atoms with van der Waals surface area (Å²) < 4.78 is 5.84. The average Bonchev–Trinajstić information content (AvgIpc) is 2.81. The molecule has 86 valence electrons. The minimum absolute atomic E-state index is 0.561. The molecule has 3 fully saturated rings. The van der Waals surface area contributed by atoms with E-state index >= 15 is 0 Å². The van der Waals surface area contributed by atoms with Gasteiger partial charge in [-0.3, -0.25) is 0 Å². The number of rotatable bonds is 4. The molecule has 1 N–H and O–H groups in total. The molecular formula is C13H23NO. The molecule has 15 heavy (non-hydrogen) atoms. The van der Waals surface area contributed by atoms with Gasteiger partial charge in [-0.2, -0.15) is 0 Å². The van der Waals surface area contributed by atoms with Crippen molar-refractivity contribution in [2.45, 2.75) is 57.1 Å². The molecule has 0 amide bonds. The molecule has 0 aromatic carbocycles. The molecule has 0 radical (unpaired) electrons. The summed E-state index contributed by atoms with van der Waals surface area (Å²) in [5, 5.41) is 3.77. The minimum Gasteiger partial charge on any atom is -0.376 e. The number of hydrogen-bond donors (Lipinski definition) is 1. The van der Waals surface area contributed by atoms with Crippen molar-refractivity contribution in [2.24, 2.45) is 11.8 Å². The van der Waals surface area contributed by atoms with Crippen LogP contribution in [0.3, 0.4) is 0 Å². The van der Waals surface area contributed by atoms with E-state index in [1.807, 2.05) is 0 Å². The van der Waals surface area contributed by atoms with E-state index in [4.69, 9.17) is 4.74 Å². The van der Waals surface area contributed by atoms with Gasteiger partial charge in [-0.05, 0) is 50.5 Å². The molecule has 0 aromatic heterocycles. The Bertz CT molecular complexity index is 209. The normalized spacial score (nSPS) is 37.6. The first-order valence-electron chi connectivity index (χ1n) is 6.78. The number of ether oxygens (including phenoxy) is 1. The Morgan fingerprint density at radius 1 is 1.00 bits per heavy atom. The second-order valence-corrected chi connectivity index (χ2v) is 5.63. The van der Waals surface area contributed by atoms with Crippen LogP contribution in [0.2, 0.25) is 0 Å². The maximum atomic E-state index is 5.84.